The van der Waals surface area contributed by atoms with Gasteiger partial charge in [-0.25, -0.2) is 4.98 Å². The van der Waals surface area contributed by atoms with Gasteiger partial charge >= 0.3 is 0 Å². The van der Waals surface area contributed by atoms with Crippen LogP contribution < -0.4 is 4.74 Å². The number of likely N-dealkylation sites (N-methyl/N-ethyl adjacent to an activating group) is 1. The summed E-state index contributed by atoms with van der Waals surface area (Å²) in [5.74, 6) is 0.925. The number of carbonyl (C=O) groups excluding carboxylic acids is 1. The standard InChI is InChI=1S/C24H27N3O2/c1-3-26-13-15-27(16-14-26)24(28)21-17-23(25-22-8-6-5-7-20(21)22)18-9-11-19(12-10-18)29-4-2/h5-12,17H,3-4,13-16H2,1-2H3. The van der Waals surface area contributed by atoms with E-state index in [0.717, 1.165) is 66.2 Å². The second-order valence-electron chi connectivity index (χ2n) is 7.26. The number of piperazine rings is 1. The molecule has 0 saturated carbocycles. The molecular formula is C24H27N3O2. The Kier molecular flexibility index (Phi) is 5.76. The number of nitrogens with zero attached hydrogens (tertiary/aromatic N) is 3. The minimum absolute atomic E-state index is 0.0894. The van der Waals surface area contributed by atoms with E-state index in [1.807, 2.05) is 66.4 Å². The van der Waals surface area contributed by atoms with E-state index in [-0.39, 0.29) is 5.91 Å². The molecule has 1 aliphatic rings. The monoisotopic (exact) mass is 389 g/mol. The molecule has 0 radical (unpaired) electrons. The van der Waals surface area contributed by atoms with Gasteiger partial charge in [0.15, 0.2) is 0 Å². The molecular weight excluding hydrogens is 362 g/mol. The molecule has 0 atom stereocenters. The number of pyridine rings is 1. The molecule has 29 heavy (non-hydrogen) atoms. The van der Waals surface area contributed by atoms with E-state index in [0.29, 0.717) is 6.61 Å². The van der Waals surface area contributed by atoms with E-state index in [1.165, 1.54) is 0 Å². The van der Waals surface area contributed by atoms with Crippen LogP contribution in [0.2, 0.25) is 0 Å². The van der Waals surface area contributed by atoms with Crippen LogP contribution in [0.4, 0.5) is 0 Å². The third-order valence-corrected chi connectivity index (χ3v) is 5.51. The summed E-state index contributed by atoms with van der Waals surface area (Å²) in [7, 11) is 0. The smallest absolute Gasteiger partial charge is 0.254 e. The molecule has 0 aliphatic carbocycles. The molecule has 0 N–H and O–H groups in total. The van der Waals surface area contributed by atoms with E-state index in [1.54, 1.807) is 0 Å². The Morgan fingerprint density at radius 1 is 1.00 bits per heavy atom. The lowest BCUT2D eigenvalue weighted by Gasteiger charge is -2.34. The van der Waals surface area contributed by atoms with Crippen LogP contribution in [0.1, 0.15) is 24.2 Å². The number of aromatic nitrogens is 1. The lowest BCUT2D eigenvalue weighted by Crippen LogP contribution is -2.48. The zero-order chi connectivity index (χ0) is 20.2. The highest BCUT2D eigenvalue weighted by atomic mass is 16.5. The van der Waals surface area contributed by atoms with Gasteiger partial charge in [0.25, 0.3) is 5.91 Å². The van der Waals surface area contributed by atoms with Crippen LogP contribution >= 0.6 is 0 Å². The van der Waals surface area contributed by atoms with Gasteiger partial charge in [-0.3, -0.25) is 4.79 Å². The Morgan fingerprint density at radius 3 is 2.41 bits per heavy atom. The van der Waals surface area contributed by atoms with Gasteiger partial charge in [0.05, 0.1) is 23.4 Å². The quantitative estimate of drug-likeness (QED) is 0.660. The molecule has 0 bridgehead atoms. The van der Waals surface area contributed by atoms with E-state index < -0.39 is 0 Å². The number of para-hydroxylation sites is 1. The van der Waals surface area contributed by atoms with Gasteiger partial charge in [0.1, 0.15) is 5.75 Å². The van der Waals surface area contributed by atoms with Gasteiger partial charge in [-0.05, 0) is 49.9 Å². The maximum atomic E-state index is 13.4. The van der Waals surface area contributed by atoms with E-state index >= 15 is 0 Å². The van der Waals surface area contributed by atoms with E-state index in [2.05, 4.69) is 11.8 Å². The molecule has 0 unspecified atom stereocenters. The summed E-state index contributed by atoms with van der Waals surface area (Å²) in [5, 5.41) is 0.908. The SMILES string of the molecule is CCOc1ccc(-c2cc(C(=O)N3CCN(CC)CC3)c3ccccc3n2)cc1. The van der Waals surface area contributed by atoms with Crippen LogP contribution in [0.15, 0.2) is 54.6 Å². The van der Waals surface area contributed by atoms with Crippen molar-refractivity contribution in [3.8, 4) is 17.0 Å². The molecule has 0 spiro atoms. The molecule has 1 fully saturated rings. The topological polar surface area (TPSA) is 45.7 Å². The second kappa shape index (κ2) is 8.62. The van der Waals surface area contributed by atoms with Crippen LogP contribution in [-0.2, 0) is 0 Å². The summed E-state index contributed by atoms with van der Waals surface area (Å²) in [6, 6.07) is 17.7. The fourth-order valence-electron chi connectivity index (χ4n) is 3.83. The highest BCUT2D eigenvalue weighted by Crippen LogP contribution is 2.27. The van der Waals surface area contributed by atoms with Crippen molar-refractivity contribution in [3.63, 3.8) is 0 Å². The first-order valence-corrected chi connectivity index (χ1v) is 10.3. The van der Waals surface area contributed by atoms with Gasteiger partial charge in [-0.2, -0.15) is 0 Å². The Labute approximate surface area is 171 Å². The van der Waals surface area contributed by atoms with Crippen LogP contribution in [-0.4, -0.2) is 60.0 Å². The van der Waals surface area contributed by atoms with Crippen LogP contribution in [0.5, 0.6) is 5.75 Å². The molecule has 150 valence electrons. The Balaban J connectivity index is 1.70. The van der Waals surface area contributed by atoms with Crippen molar-refractivity contribution in [1.29, 1.82) is 0 Å². The van der Waals surface area contributed by atoms with Crippen molar-refractivity contribution < 1.29 is 9.53 Å². The summed E-state index contributed by atoms with van der Waals surface area (Å²) >= 11 is 0. The molecule has 5 heteroatoms. The van der Waals surface area contributed by atoms with Crippen molar-refractivity contribution in [2.24, 2.45) is 0 Å². The number of carbonyl (C=O) groups is 1. The largest absolute Gasteiger partial charge is 0.494 e. The molecule has 2 aromatic carbocycles. The van der Waals surface area contributed by atoms with Gasteiger partial charge < -0.3 is 14.5 Å². The summed E-state index contributed by atoms with van der Waals surface area (Å²) in [4.78, 5) is 22.5. The molecule has 1 aliphatic heterocycles. The fourth-order valence-corrected chi connectivity index (χ4v) is 3.83. The average Bonchev–Trinajstić information content (AvgIpc) is 2.78. The van der Waals surface area contributed by atoms with Crippen LogP contribution in [0, 0.1) is 0 Å². The normalized spacial score (nSPS) is 14.9. The Hall–Kier alpha value is -2.92. The molecule has 1 saturated heterocycles. The zero-order valence-electron chi connectivity index (χ0n) is 17.1. The van der Waals surface area contributed by atoms with Crippen molar-refractivity contribution in [2.75, 3.05) is 39.3 Å². The number of fused-ring (bicyclic) bond motifs is 1. The van der Waals surface area contributed by atoms with E-state index in [9.17, 15) is 4.79 Å². The highest BCUT2D eigenvalue weighted by Gasteiger charge is 2.23. The molecule has 1 amide bonds. The molecule has 1 aromatic heterocycles. The summed E-state index contributed by atoms with van der Waals surface area (Å²) in [5.41, 5.74) is 3.35. The molecule has 3 aromatic rings. The highest BCUT2D eigenvalue weighted by molar-refractivity contribution is 6.07. The number of rotatable bonds is 5. The Morgan fingerprint density at radius 2 is 1.72 bits per heavy atom. The lowest BCUT2D eigenvalue weighted by molar-refractivity contribution is 0.0645. The molecule has 4 rings (SSSR count). The Bertz CT molecular complexity index is 993. The number of ether oxygens (including phenoxy) is 1. The number of amides is 1. The fraction of sp³-hybridized carbons (Fsp3) is 0.333. The maximum absolute atomic E-state index is 13.4. The minimum atomic E-state index is 0.0894. The maximum Gasteiger partial charge on any atom is 0.254 e. The van der Waals surface area contributed by atoms with Crippen LogP contribution in [0.25, 0.3) is 22.2 Å². The van der Waals surface area contributed by atoms with Crippen molar-refractivity contribution in [1.82, 2.24) is 14.8 Å². The number of hydrogen-bond donors (Lipinski definition) is 0. The molecule has 2 heterocycles. The summed E-state index contributed by atoms with van der Waals surface area (Å²) in [6.07, 6.45) is 0. The van der Waals surface area contributed by atoms with Gasteiger partial charge in [-0.1, -0.05) is 25.1 Å². The number of hydrogen-bond acceptors (Lipinski definition) is 4. The predicted octanol–water partition coefficient (Wildman–Crippen LogP) is 4.08. The van der Waals surface area contributed by atoms with Crippen molar-refractivity contribution in [3.05, 3.63) is 60.2 Å². The lowest BCUT2D eigenvalue weighted by atomic mass is 10.0. The van der Waals surface area contributed by atoms with Gasteiger partial charge in [0, 0.05) is 37.1 Å². The van der Waals surface area contributed by atoms with Gasteiger partial charge in [-0.15, -0.1) is 0 Å². The van der Waals surface area contributed by atoms with Gasteiger partial charge in [0.2, 0.25) is 0 Å². The first-order valence-electron chi connectivity index (χ1n) is 10.3. The predicted molar refractivity (Wildman–Crippen MR) is 116 cm³/mol. The number of benzene rings is 2. The van der Waals surface area contributed by atoms with E-state index in [4.69, 9.17) is 9.72 Å². The zero-order valence-corrected chi connectivity index (χ0v) is 17.1. The minimum Gasteiger partial charge on any atom is -0.494 e. The second-order valence-corrected chi connectivity index (χ2v) is 7.26. The summed E-state index contributed by atoms with van der Waals surface area (Å²) < 4.78 is 5.54. The third kappa shape index (κ3) is 4.10. The molecule has 5 nitrogen and oxygen atoms in total. The van der Waals surface area contributed by atoms with Crippen molar-refractivity contribution >= 4 is 16.8 Å². The average molecular weight is 389 g/mol. The summed E-state index contributed by atoms with van der Waals surface area (Å²) in [6.45, 7) is 9.19. The van der Waals surface area contributed by atoms with Crippen LogP contribution in [0.3, 0.4) is 0 Å². The third-order valence-electron chi connectivity index (χ3n) is 5.51. The van der Waals surface area contributed by atoms with Crippen molar-refractivity contribution in [2.45, 2.75) is 13.8 Å². The first-order chi connectivity index (χ1) is 14.2. The first kappa shape index (κ1) is 19.4.